The first-order chi connectivity index (χ1) is 16.9. The number of amides is 1. The van der Waals surface area contributed by atoms with E-state index in [1.54, 1.807) is 17.9 Å². The molecular weight excluding hydrogens is 455 g/mol. The molecule has 4 aromatic rings. The van der Waals surface area contributed by atoms with E-state index in [-0.39, 0.29) is 29.8 Å². The molecule has 0 aliphatic heterocycles. The molecule has 1 aliphatic rings. The molecule has 5 nitrogen and oxygen atoms in total. The fourth-order valence-electron chi connectivity index (χ4n) is 3.94. The molecule has 0 unspecified atom stereocenters. The molecule has 0 N–H and O–H groups in total. The maximum atomic E-state index is 14.5. The van der Waals surface area contributed by atoms with Crippen molar-refractivity contribution in [1.29, 1.82) is 0 Å². The van der Waals surface area contributed by atoms with Gasteiger partial charge in [-0.2, -0.15) is 5.10 Å². The lowest BCUT2D eigenvalue weighted by Gasteiger charge is -2.23. The summed E-state index contributed by atoms with van der Waals surface area (Å²) in [6.45, 7) is 1.86. The van der Waals surface area contributed by atoms with Crippen molar-refractivity contribution in [2.45, 2.75) is 32.4 Å². The molecule has 1 amide bonds. The molecule has 0 saturated heterocycles. The Kier molecular flexibility index (Phi) is 6.03. The quantitative estimate of drug-likeness (QED) is 0.319. The summed E-state index contributed by atoms with van der Waals surface area (Å²) in [6, 6.07) is 18.0. The molecule has 1 aromatic heterocycles. The molecule has 8 heteroatoms. The van der Waals surface area contributed by atoms with E-state index in [1.165, 1.54) is 28.9 Å². The molecule has 3 aromatic carbocycles. The van der Waals surface area contributed by atoms with E-state index < -0.39 is 23.4 Å². The Morgan fingerprint density at radius 2 is 1.71 bits per heavy atom. The molecular formula is C27H22F3N3O2. The van der Waals surface area contributed by atoms with E-state index >= 15 is 0 Å². The topological polar surface area (TPSA) is 47.4 Å². The third-order valence-electron chi connectivity index (χ3n) is 5.92. The maximum absolute atomic E-state index is 14.5. The van der Waals surface area contributed by atoms with Crippen LogP contribution in [0.5, 0.6) is 11.6 Å². The summed E-state index contributed by atoms with van der Waals surface area (Å²) in [5, 5.41) is 4.59. The number of carbonyl (C=O) groups is 1. The molecule has 5 rings (SSSR count). The van der Waals surface area contributed by atoms with Gasteiger partial charge in [-0.15, -0.1) is 0 Å². The second-order valence-corrected chi connectivity index (χ2v) is 8.44. The number of aromatic nitrogens is 2. The van der Waals surface area contributed by atoms with Gasteiger partial charge in [-0.1, -0.05) is 30.3 Å². The molecule has 0 radical (unpaired) electrons. The van der Waals surface area contributed by atoms with E-state index in [1.807, 2.05) is 30.3 Å². The van der Waals surface area contributed by atoms with Crippen molar-refractivity contribution >= 4 is 5.91 Å². The number of benzene rings is 3. The minimum Gasteiger partial charge on any atom is -0.435 e. The van der Waals surface area contributed by atoms with Crippen LogP contribution in [-0.4, -0.2) is 26.6 Å². The zero-order chi connectivity index (χ0) is 24.5. The first kappa shape index (κ1) is 22.7. The number of para-hydroxylation sites is 1. The van der Waals surface area contributed by atoms with Crippen LogP contribution < -0.4 is 4.74 Å². The normalized spacial score (nSPS) is 13.0. The second-order valence-electron chi connectivity index (χ2n) is 8.44. The fraction of sp³-hybridized carbons (Fsp3) is 0.185. The monoisotopic (exact) mass is 477 g/mol. The van der Waals surface area contributed by atoms with E-state index in [4.69, 9.17) is 4.74 Å². The third kappa shape index (κ3) is 4.64. The zero-order valence-corrected chi connectivity index (χ0v) is 18.9. The minimum atomic E-state index is -0.865. The number of carbonyl (C=O) groups excluding carboxylic acids is 1. The van der Waals surface area contributed by atoms with Crippen molar-refractivity contribution in [2.75, 3.05) is 0 Å². The van der Waals surface area contributed by atoms with Crippen LogP contribution in [0.3, 0.4) is 0 Å². The summed E-state index contributed by atoms with van der Waals surface area (Å²) in [6.07, 6.45) is 1.60. The number of hydrogen-bond acceptors (Lipinski definition) is 3. The lowest BCUT2D eigenvalue weighted by molar-refractivity contribution is 0.0724. The highest BCUT2D eigenvalue weighted by Crippen LogP contribution is 2.36. The van der Waals surface area contributed by atoms with E-state index in [0.717, 1.165) is 25.0 Å². The minimum absolute atomic E-state index is 0.0143. The highest BCUT2D eigenvalue weighted by atomic mass is 19.1. The molecule has 1 saturated carbocycles. The molecule has 0 spiro atoms. The van der Waals surface area contributed by atoms with Gasteiger partial charge < -0.3 is 9.64 Å². The molecule has 0 atom stereocenters. The number of aryl methyl sites for hydroxylation is 1. The van der Waals surface area contributed by atoms with Crippen LogP contribution in [0.4, 0.5) is 13.2 Å². The molecule has 1 heterocycles. The highest BCUT2D eigenvalue weighted by molar-refractivity contribution is 5.95. The fourth-order valence-corrected chi connectivity index (χ4v) is 3.94. The van der Waals surface area contributed by atoms with Crippen molar-refractivity contribution in [3.05, 3.63) is 107 Å². The number of hydrogen-bond donors (Lipinski definition) is 0. The molecule has 1 aliphatic carbocycles. The van der Waals surface area contributed by atoms with Gasteiger partial charge in [0.2, 0.25) is 5.88 Å². The van der Waals surface area contributed by atoms with Crippen LogP contribution in [0, 0.1) is 24.4 Å². The number of rotatable bonds is 7. The molecule has 0 bridgehead atoms. The summed E-state index contributed by atoms with van der Waals surface area (Å²) in [7, 11) is 0. The van der Waals surface area contributed by atoms with Gasteiger partial charge in [-0.3, -0.25) is 4.79 Å². The summed E-state index contributed by atoms with van der Waals surface area (Å²) >= 11 is 0. The van der Waals surface area contributed by atoms with E-state index in [0.29, 0.717) is 16.9 Å². The van der Waals surface area contributed by atoms with E-state index in [2.05, 4.69) is 5.10 Å². The van der Waals surface area contributed by atoms with Gasteiger partial charge in [0.25, 0.3) is 5.91 Å². The Bertz CT molecular complexity index is 1380. The van der Waals surface area contributed by atoms with Crippen molar-refractivity contribution in [1.82, 2.24) is 14.7 Å². The van der Waals surface area contributed by atoms with Gasteiger partial charge in [0, 0.05) is 12.1 Å². The van der Waals surface area contributed by atoms with Crippen molar-refractivity contribution in [3.63, 3.8) is 0 Å². The lowest BCUT2D eigenvalue weighted by atomic mass is 10.1. The van der Waals surface area contributed by atoms with Crippen LogP contribution in [0.25, 0.3) is 5.69 Å². The largest absolute Gasteiger partial charge is 0.435 e. The first-order valence-electron chi connectivity index (χ1n) is 11.2. The third-order valence-corrected chi connectivity index (χ3v) is 5.92. The Morgan fingerprint density at radius 3 is 2.40 bits per heavy atom. The maximum Gasteiger partial charge on any atom is 0.257 e. The van der Waals surface area contributed by atoms with Gasteiger partial charge in [-0.05, 0) is 56.2 Å². The number of halogens is 3. The summed E-state index contributed by atoms with van der Waals surface area (Å²) < 4.78 is 49.9. The molecule has 178 valence electrons. The van der Waals surface area contributed by atoms with Crippen LogP contribution in [0.1, 0.15) is 34.5 Å². The Morgan fingerprint density at radius 1 is 1.00 bits per heavy atom. The van der Waals surface area contributed by atoms with Gasteiger partial charge in [-0.25, -0.2) is 17.9 Å². The first-order valence-corrected chi connectivity index (χ1v) is 11.2. The second kappa shape index (κ2) is 9.29. The number of ether oxygens (including phenoxy) is 1. The van der Waals surface area contributed by atoms with Crippen molar-refractivity contribution in [2.24, 2.45) is 0 Å². The summed E-state index contributed by atoms with van der Waals surface area (Å²) in [5.41, 5.74) is 1.77. The van der Waals surface area contributed by atoms with Crippen molar-refractivity contribution in [3.8, 4) is 17.3 Å². The molecule has 1 fully saturated rings. The van der Waals surface area contributed by atoms with Gasteiger partial charge in [0.05, 0.1) is 29.1 Å². The molecule has 35 heavy (non-hydrogen) atoms. The average molecular weight is 477 g/mol. The van der Waals surface area contributed by atoms with E-state index in [9.17, 15) is 18.0 Å². The van der Waals surface area contributed by atoms with Crippen LogP contribution in [0.15, 0.2) is 72.8 Å². The summed E-state index contributed by atoms with van der Waals surface area (Å²) in [4.78, 5) is 14.9. The van der Waals surface area contributed by atoms with Crippen LogP contribution >= 0.6 is 0 Å². The zero-order valence-electron chi connectivity index (χ0n) is 18.9. The Balaban J connectivity index is 1.58. The number of nitrogens with zero attached hydrogens (tertiary/aromatic N) is 3. The van der Waals surface area contributed by atoms with Crippen molar-refractivity contribution < 1.29 is 22.7 Å². The predicted octanol–water partition coefficient (Wildman–Crippen LogP) is 6.20. The Hall–Kier alpha value is -4.07. The predicted molar refractivity (Wildman–Crippen MR) is 124 cm³/mol. The lowest BCUT2D eigenvalue weighted by Crippen LogP contribution is -2.33. The summed E-state index contributed by atoms with van der Waals surface area (Å²) in [5.74, 6) is -2.59. The van der Waals surface area contributed by atoms with Crippen LogP contribution in [0.2, 0.25) is 0 Å². The van der Waals surface area contributed by atoms with Gasteiger partial charge >= 0.3 is 0 Å². The Labute approximate surface area is 200 Å². The smallest absolute Gasteiger partial charge is 0.257 e. The van der Waals surface area contributed by atoms with Gasteiger partial charge in [0.1, 0.15) is 11.6 Å². The van der Waals surface area contributed by atoms with Crippen LogP contribution in [-0.2, 0) is 6.54 Å². The SMILES string of the molecule is Cc1nn(-c2ccccc2)c(Oc2ccc(F)cc2F)c1CN(C(=O)c1ccccc1F)C1CC1. The van der Waals surface area contributed by atoms with Gasteiger partial charge in [0.15, 0.2) is 11.6 Å². The average Bonchev–Trinajstić information content (AvgIpc) is 3.64. The highest BCUT2D eigenvalue weighted by Gasteiger charge is 2.36. The standard InChI is InChI=1S/C27H22F3N3O2/c1-17-22(16-32(19-12-13-19)26(34)21-9-5-6-10-23(21)29)27(33(31-17)20-7-3-2-4-8-20)35-25-14-11-18(28)15-24(25)30/h2-11,14-15,19H,12-13,16H2,1H3.